The third-order valence-corrected chi connectivity index (χ3v) is 4.13. The molecular weight excluding hydrogens is 340 g/mol. The van der Waals surface area contributed by atoms with Gasteiger partial charge in [-0.05, 0) is 61.6 Å². The van der Waals surface area contributed by atoms with Gasteiger partial charge in [-0.2, -0.15) is 0 Å². The van der Waals surface area contributed by atoms with Crippen molar-refractivity contribution in [3.63, 3.8) is 0 Å². The maximum atomic E-state index is 12.2. The minimum absolute atomic E-state index is 0.304. The number of benzene rings is 1. The van der Waals surface area contributed by atoms with Gasteiger partial charge in [0.05, 0.1) is 6.04 Å². The molecule has 0 saturated heterocycles. The first-order valence-electron chi connectivity index (χ1n) is 8.22. The number of nitrogens with zero attached hydrogens (tertiary/aromatic N) is 4. The van der Waals surface area contributed by atoms with E-state index >= 15 is 0 Å². The standard InChI is InChI=1S/C18H23ClN4O2/c1-12(21-22-20)16-11-14(19)5-6-15(16)13-7-9-23(10-8-13)17(24)25-18(2,3)4/h5-7,11-12H,8-10H2,1-4H3/t12-/m0/s1. The zero-order chi connectivity index (χ0) is 18.6. The van der Waals surface area contributed by atoms with Crippen LogP contribution in [0.15, 0.2) is 29.4 Å². The fourth-order valence-electron chi connectivity index (χ4n) is 2.72. The molecule has 7 heteroatoms. The maximum Gasteiger partial charge on any atom is 0.410 e. The lowest BCUT2D eigenvalue weighted by Crippen LogP contribution is -2.39. The molecule has 0 aromatic heterocycles. The van der Waals surface area contributed by atoms with Crippen LogP contribution in [0.4, 0.5) is 4.79 Å². The monoisotopic (exact) mass is 362 g/mol. The lowest BCUT2D eigenvalue weighted by molar-refractivity contribution is 0.0270. The van der Waals surface area contributed by atoms with Gasteiger partial charge in [0.2, 0.25) is 0 Å². The molecular formula is C18H23ClN4O2. The van der Waals surface area contributed by atoms with Gasteiger partial charge in [-0.1, -0.05) is 35.8 Å². The van der Waals surface area contributed by atoms with Gasteiger partial charge in [-0.3, -0.25) is 0 Å². The van der Waals surface area contributed by atoms with Crippen LogP contribution in [0.3, 0.4) is 0 Å². The first kappa shape index (κ1) is 19.2. The number of ether oxygens (including phenoxy) is 1. The number of hydrogen-bond donors (Lipinski definition) is 0. The molecule has 1 aliphatic heterocycles. The largest absolute Gasteiger partial charge is 0.444 e. The Kier molecular flexibility index (Phi) is 5.98. The minimum atomic E-state index is -0.505. The van der Waals surface area contributed by atoms with Crippen LogP contribution in [-0.2, 0) is 4.74 Å². The van der Waals surface area contributed by atoms with E-state index < -0.39 is 5.60 Å². The highest BCUT2D eigenvalue weighted by atomic mass is 35.5. The highest BCUT2D eigenvalue weighted by Crippen LogP contribution is 2.32. The van der Waals surface area contributed by atoms with E-state index in [0.717, 1.165) is 16.7 Å². The van der Waals surface area contributed by atoms with Crippen molar-refractivity contribution in [2.75, 3.05) is 13.1 Å². The molecule has 1 aromatic rings. The topological polar surface area (TPSA) is 78.3 Å². The summed E-state index contributed by atoms with van der Waals surface area (Å²) in [5, 5.41) is 4.39. The predicted octanol–water partition coefficient (Wildman–Crippen LogP) is 5.74. The Bertz CT molecular complexity index is 733. The van der Waals surface area contributed by atoms with E-state index in [1.165, 1.54) is 0 Å². The summed E-state index contributed by atoms with van der Waals surface area (Å²) >= 11 is 6.10. The van der Waals surface area contributed by atoms with Gasteiger partial charge >= 0.3 is 6.09 Å². The summed E-state index contributed by atoms with van der Waals surface area (Å²) in [6.07, 6.45) is 2.42. The number of carbonyl (C=O) groups is 1. The van der Waals surface area contributed by atoms with Crippen LogP contribution in [0.25, 0.3) is 16.0 Å². The fraction of sp³-hybridized carbons (Fsp3) is 0.500. The van der Waals surface area contributed by atoms with Crippen LogP contribution in [-0.4, -0.2) is 29.7 Å². The molecule has 1 atom stereocenters. The second-order valence-electron chi connectivity index (χ2n) is 7.02. The van der Waals surface area contributed by atoms with Gasteiger partial charge in [0.25, 0.3) is 0 Å². The van der Waals surface area contributed by atoms with Gasteiger partial charge in [0, 0.05) is 23.0 Å². The Morgan fingerprint density at radius 1 is 1.44 bits per heavy atom. The lowest BCUT2D eigenvalue weighted by atomic mass is 9.92. The highest BCUT2D eigenvalue weighted by Gasteiger charge is 2.24. The van der Waals surface area contributed by atoms with Crippen LogP contribution in [0.2, 0.25) is 5.02 Å². The quantitative estimate of drug-likeness (QED) is 0.390. The van der Waals surface area contributed by atoms with E-state index in [9.17, 15) is 4.79 Å². The van der Waals surface area contributed by atoms with Crippen molar-refractivity contribution >= 4 is 23.3 Å². The zero-order valence-corrected chi connectivity index (χ0v) is 15.7. The van der Waals surface area contributed by atoms with Crippen LogP contribution in [0.5, 0.6) is 0 Å². The van der Waals surface area contributed by atoms with Gasteiger partial charge in [-0.15, -0.1) is 0 Å². The third kappa shape index (κ3) is 5.15. The molecule has 0 bridgehead atoms. The summed E-state index contributed by atoms with van der Waals surface area (Å²) in [5.74, 6) is 0. The summed E-state index contributed by atoms with van der Waals surface area (Å²) in [4.78, 5) is 16.7. The summed E-state index contributed by atoms with van der Waals surface area (Å²) in [6.45, 7) is 8.47. The summed E-state index contributed by atoms with van der Waals surface area (Å²) in [7, 11) is 0. The smallest absolute Gasteiger partial charge is 0.410 e. The predicted molar refractivity (Wildman–Crippen MR) is 99.4 cm³/mol. The van der Waals surface area contributed by atoms with Crippen molar-refractivity contribution in [3.8, 4) is 0 Å². The normalized spacial score (nSPS) is 15.9. The van der Waals surface area contributed by atoms with E-state index in [0.29, 0.717) is 24.5 Å². The van der Waals surface area contributed by atoms with Gasteiger partial charge in [0.15, 0.2) is 0 Å². The molecule has 0 saturated carbocycles. The van der Waals surface area contributed by atoms with Gasteiger partial charge in [-0.25, -0.2) is 4.79 Å². The molecule has 0 fully saturated rings. The summed E-state index contributed by atoms with van der Waals surface area (Å²) in [5.41, 5.74) is 11.2. The van der Waals surface area contributed by atoms with Crippen molar-refractivity contribution in [2.45, 2.75) is 45.8 Å². The van der Waals surface area contributed by atoms with Crippen LogP contribution < -0.4 is 0 Å². The van der Waals surface area contributed by atoms with E-state index in [1.807, 2.05) is 52.0 Å². The van der Waals surface area contributed by atoms with Gasteiger partial charge < -0.3 is 9.64 Å². The van der Waals surface area contributed by atoms with Crippen LogP contribution >= 0.6 is 11.6 Å². The molecule has 1 aliphatic rings. The average Bonchev–Trinajstić information content (AvgIpc) is 2.53. The van der Waals surface area contributed by atoms with Crippen molar-refractivity contribution in [1.82, 2.24) is 4.90 Å². The first-order chi connectivity index (χ1) is 11.7. The first-order valence-corrected chi connectivity index (χ1v) is 8.60. The Balaban J connectivity index is 2.21. The molecule has 134 valence electrons. The minimum Gasteiger partial charge on any atom is -0.444 e. The van der Waals surface area contributed by atoms with Crippen molar-refractivity contribution in [3.05, 3.63) is 50.9 Å². The Morgan fingerprint density at radius 2 is 2.16 bits per heavy atom. The molecule has 6 nitrogen and oxygen atoms in total. The molecule has 0 unspecified atom stereocenters. The number of rotatable bonds is 3. The Morgan fingerprint density at radius 3 is 2.72 bits per heavy atom. The van der Waals surface area contributed by atoms with E-state index in [4.69, 9.17) is 21.9 Å². The fourth-order valence-corrected chi connectivity index (χ4v) is 2.90. The number of azide groups is 1. The van der Waals surface area contributed by atoms with Crippen molar-refractivity contribution in [2.24, 2.45) is 5.11 Å². The molecule has 2 rings (SSSR count). The van der Waals surface area contributed by atoms with E-state index in [-0.39, 0.29) is 12.1 Å². The van der Waals surface area contributed by atoms with Crippen LogP contribution in [0, 0.1) is 0 Å². The summed E-state index contributed by atoms with van der Waals surface area (Å²) < 4.78 is 5.41. The zero-order valence-electron chi connectivity index (χ0n) is 15.0. The van der Waals surface area contributed by atoms with E-state index in [1.54, 1.807) is 4.90 Å². The summed E-state index contributed by atoms with van der Waals surface area (Å²) in [6, 6.07) is 5.28. The molecule has 1 aromatic carbocycles. The average molecular weight is 363 g/mol. The number of carbonyl (C=O) groups excluding carboxylic acids is 1. The molecule has 1 amide bonds. The second kappa shape index (κ2) is 7.81. The molecule has 0 aliphatic carbocycles. The molecule has 25 heavy (non-hydrogen) atoms. The van der Waals surface area contributed by atoms with E-state index in [2.05, 4.69) is 10.0 Å². The maximum absolute atomic E-state index is 12.2. The molecule has 1 heterocycles. The Labute approximate surface area is 153 Å². The van der Waals surface area contributed by atoms with Gasteiger partial charge in [0.1, 0.15) is 5.60 Å². The third-order valence-electron chi connectivity index (χ3n) is 3.90. The molecule has 0 spiro atoms. The SMILES string of the molecule is C[C@H](N=[N+]=[N-])c1cc(Cl)ccc1C1=CCN(C(=O)OC(C)(C)C)CC1. The Hall–Kier alpha value is -2.17. The van der Waals surface area contributed by atoms with Crippen molar-refractivity contribution < 1.29 is 9.53 Å². The number of halogens is 1. The van der Waals surface area contributed by atoms with Crippen molar-refractivity contribution in [1.29, 1.82) is 0 Å². The molecule has 0 radical (unpaired) electrons. The number of hydrogen-bond acceptors (Lipinski definition) is 3. The molecule has 0 N–H and O–H groups in total. The highest BCUT2D eigenvalue weighted by molar-refractivity contribution is 6.30. The second-order valence-corrected chi connectivity index (χ2v) is 7.45. The van der Waals surface area contributed by atoms with Crippen LogP contribution in [0.1, 0.15) is 51.3 Å². The lowest BCUT2D eigenvalue weighted by Gasteiger charge is -2.30. The number of amides is 1.